The molecule has 2 aromatic rings. The quantitative estimate of drug-likeness (QED) is 0.756. The van der Waals surface area contributed by atoms with Crippen molar-refractivity contribution in [3.63, 3.8) is 0 Å². The van der Waals surface area contributed by atoms with Crippen LogP contribution in [0.15, 0.2) is 45.8 Å². The molecule has 0 aromatic heterocycles. The van der Waals surface area contributed by atoms with Gasteiger partial charge < -0.3 is 4.74 Å². The average Bonchev–Trinajstić information content (AvgIpc) is 2.77. The molecule has 25 heavy (non-hydrogen) atoms. The van der Waals surface area contributed by atoms with Crippen LogP contribution in [0.3, 0.4) is 0 Å². The average molecular weight is 424 g/mol. The standard InChI is InChI=1S/C18H18BrNO4S/c1-12-3-5-13(6-4-12)25(22,23)20-10-9-16(21)18-14(11-20)15(19)7-8-17(18)24-2/h3-8H,9-11H2,1-2H3. The zero-order valence-corrected chi connectivity index (χ0v) is 16.4. The van der Waals surface area contributed by atoms with Crippen LogP contribution in [-0.4, -0.2) is 32.2 Å². The lowest BCUT2D eigenvalue weighted by molar-refractivity contribution is 0.0978. The SMILES string of the molecule is COc1ccc(Br)c2c1C(=O)CCN(S(=O)(=O)c1ccc(C)cc1)C2. The number of sulfonamides is 1. The minimum Gasteiger partial charge on any atom is -0.496 e. The molecule has 0 saturated heterocycles. The predicted octanol–water partition coefficient (Wildman–Crippen LogP) is 3.54. The fraction of sp³-hybridized carbons (Fsp3) is 0.278. The van der Waals surface area contributed by atoms with Crippen LogP contribution in [-0.2, 0) is 16.6 Å². The maximum Gasteiger partial charge on any atom is 0.243 e. The first-order valence-corrected chi connectivity index (χ1v) is 10.0. The van der Waals surface area contributed by atoms with Gasteiger partial charge in [-0.15, -0.1) is 0 Å². The van der Waals surface area contributed by atoms with Crippen LogP contribution in [0.4, 0.5) is 0 Å². The van der Waals surface area contributed by atoms with E-state index in [4.69, 9.17) is 4.74 Å². The van der Waals surface area contributed by atoms with E-state index in [0.29, 0.717) is 21.3 Å². The van der Waals surface area contributed by atoms with E-state index in [1.807, 2.05) is 6.92 Å². The fourth-order valence-electron chi connectivity index (χ4n) is 2.90. The van der Waals surface area contributed by atoms with E-state index >= 15 is 0 Å². The summed E-state index contributed by atoms with van der Waals surface area (Å²) in [5.74, 6) is 0.354. The van der Waals surface area contributed by atoms with Gasteiger partial charge in [-0.1, -0.05) is 33.6 Å². The van der Waals surface area contributed by atoms with Gasteiger partial charge in [-0.05, 0) is 36.8 Å². The van der Waals surface area contributed by atoms with Crippen LogP contribution in [0.1, 0.15) is 27.9 Å². The van der Waals surface area contributed by atoms with E-state index in [1.165, 1.54) is 11.4 Å². The number of methoxy groups -OCH3 is 1. The summed E-state index contributed by atoms with van der Waals surface area (Å²) in [6, 6.07) is 10.2. The number of hydrogen-bond donors (Lipinski definition) is 0. The van der Waals surface area contributed by atoms with Crippen LogP contribution < -0.4 is 4.74 Å². The Kier molecular flexibility index (Phi) is 4.99. The fourth-order valence-corrected chi connectivity index (χ4v) is 4.77. The van der Waals surface area contributed by atoms with Gasteiger partial charge in [0.15, 0.2) is 5.78 Å². The van der Waals surface area contributed by atoms with E-state index in [9.17, 15) is 13.2 Å². The van der Waals surface area contributed by atoms with Crippen LogP contribution in [0.5, 0.6) is 5.75 Å². The van der Waals surface area contributed by atoms with Gasteiger partial charge in [0, 0.05) is 24.0 Å². The minimum atomic E-state index is -3.69. The maximum absolute atomic E-state index is 13.0. The molecule has 0 aliphatic carbocycles. The highest BCUT2D eigenvalue weighted by Crippen LogP contribution is 2.34. The number of carbonyl (C=O) groups excluding carboxylic acids is 1. The van der Waals surface area contributed by atoms with Gasteiger partial charge in [-0.3, -0.25) is 4.79 Å². The second-order valence-electron chi connectivity index (χ2n) is 5.93. The summed E-state index contributed by atoms with van der Waals surface area (Å²) in [6.45, 7) is 2.16. The van der Waals surface area contributed by atoms with Gasteiger partial charge in [0.2, 0.25) is 10.0 Å². The maximum atomic E-state index is 13.0. The summed E-state index contributed by atoms with van der Waals surface area (Å²) in [4.78, 5) is 12.8. The smallest absolute Gasteiger partial charge is 0.243 e. The van der Waals surface area contributed by atoms with Crippen molar-refractivity contribution in [1.29, 1.82) is 0 Å². The highest BCUT2D eigenvalue weighted by molar-refractivity contribution is 9.10. The molecule has 0 spiro atoms. The van der Waals surface area contributed by atoms with E-state index in [1.54, 1.807) is 36.4 Å². The highest BCUT2D eigenvalue weighted by Gasteiger charge is 2.32. The first-order valence-electron chi connectivity index (χ1n) is 7.80. The topological polar surface area (TPSA) is 63.7 Å². The number of nitrogens with zero attached hydrogens (tertiary/aromatic N) is 1. The first-order chi connectivity index (χ1) is 11.8. The Bertz CT molecular complexity index is 923. The number of carbonyl (C=O) groups is 1. The van der Waals surface area contributed by atoms with Gasteiger partial charge in [-0.2, -0.15) is 4.31 Å². The highest BCUT2D eigenvalue weighted by atomic mass is 79.9. The summed E-state index contributed by atoms with van der Waals surface area (Å²) in [5, 5.41) is 0. The second-order valence-corrected chi connectivity index (χ2v) is 8.72. The van der Waals surface area contributed by atoms with E-state index < -0.39 is 10.0 Å². The summed E-state index contributed by atoms with van der Waals surface area (Å²) < 4.78 is 33.4. The molecule has 132 valence electrons. The Morgan fingerprint density at radius 2 is 1.80 bits per heavy atom. The summed E-state index contributed by atoms with van der Waals surface area (Å²) >= 11 is 3.44. The van der Waals surface area contributed by atoms with Crippen LogP contribution in [0, 0.1) is 6.92 Å². The summed E-state index contributed by atoms with van der Waals surface area (Å²) in [7, 11) is -2.18. The monoisotopic (exact) mass is 423 g/mol. The Balaban J connectivity index is 2.07. The molecule has 0 bridgehead atoms. The number of hydrogen-bond acceptors (Lipinski definition) is 4. The normalized spacial score (nSPS) is 15.6. The van der Waals surface area contributed by atoms with Crippen molar-refractivity contribution >= 4 is 31.7 Å². The molecule has 1 aliphatic rings. The number of fused-ring (bicyclic) bond motifs is 1. The molecule has 1 aliphatic heterocycles. The zero-order chi connectivity index (χ0) is 18.2. The number of aryl methyl sites for hydroxylation is 1. The van der Waals surface area contributed by atoms with E-state index in [0.717, 1.165) is 5.56 Å². The van der Waals surface area contributed by atoms with Gasteiger partial charge in [-0.25, -0.2) is 8.42 Å². The molecular weight excluding hydrogens is 406 g/mol. The molecule has 0 fully saturated rings. The largest absolute Gasteiger partial charge is 0.496 e. The molecule has 5 nitrogen and oxygen atoms in total. The van der Waals surface area contributed by atoms with Crippen molar-refractivity contribution < 1.29 is 17.9 Å². The summed E-state index contributed by atoms with van der Waals surface area (Å²) in [5.41, 5.74) is 2.08. The Morgan fingerprint density at radius 1 is 1.12 bits per heavy atom. The predicted molar refractivity (Wildman–Crippen MR) is 98.4 cm³/mol. The Hall–Kier alpha value is -1.70. The molecule has 0 N–H and O–H groups in total. The molecule has 2 aromatic carbocycles. The lowest BCUT2D eigenvalue weighted by Crippen LogP contribution is -2.31. The third-order valence-electron chi connectivity index (χ3n) is 4.30. The van der Waals surface area contributed by atoms with Gasteiger partial charge in [0.25, 0.3) is 0 Å². The first kappa shape index (κ1) is 18.1. The van der Waals surface area contributed by atoms with Crippen molar-refractivity contribution in [3.05, 3.63) is 57.6 Å². The molecule has 1 heterocycles. The number of Topliss-reactive ketones (excluding diaryl/α,β-unsaturated/α-hetero) is 1. The number of halogens is 1. The van der Waals surface area contributed by atoms with Crippen LogP contribution in [0.2, 0.25) is 0 Å². The van der Waals surface area contributed by atoms with Gasteiger partial charge in [0.05, 0.1) is 17.6 Å². The Morgan fingerprint density at radius 3 is 2.44 bits per heavy atom. The zero-order valence-electron chi connectivity index (χ0n) is 14.0. The van der Waals surface area contributed by atoms with Crippen molar-refractivity contribution in [2.45, 2.75) is 24.8 Å². The second kappa shape index (κ2) is 6.90. The van der Waals surface area contributed by atoms with Crippen LogP contribution >= 0.6 is 15.9 Å². The molecule has 0 saturated carbocycles. The number of ketones is 1. The van der Waals surface area contributed by atoms with Crippen molar-refractivity contribution in [1.82, 2.24) is 4.31 Å². The molecule has 7 heteroatoms. The van der Waals surface area contributed by atoms with Gasteiger partial charge >= 0.3 is 0 Å². The Labute approximate surface area is 155 Å². The van der Waals surface area contributed by atoms with Crippen LogP contribution in [0.25, 0.3) is 0 Å². The number of rotatable bonds is 3. The van der Waals surface area contributed by atoms with E-state index in [2.05, 4.69) is 15.9 Å². The molecular formula is C18H18BrNO4S. The molecule has 0 unspecified atom stereocenters. The van der Waals surface area contributed by atoms with E-state index in [-0.39, 0.29) is 30.2 Å². The van der Waals surface area contributed by atoms with Crippen molar-refractivity contribution in [2.75, 3.05) is 13.7 Å². The van der Waals surface area contributed by atoms with Gasteiger partial charge in [0.1, 0.15) is 5.75 Å². The molecule has 0 radical (unpaired) electrons. The summed E-state index contributed by atoms with van der Waals surface area (Å²) in [6.07, 6.45) is 0.116. The minimum absolute atomic E-state index is 0.116. The third-order valence-corrected chi connectivity index (χ3v) is 6.90. The third kappa shape index (κ3) is 3.36. The lowest BCUT2D eigenvalue weighted by atomic mass is 10.0. The lowest BCUT2D eigenvalue weighted by Gasteiger charge is -2.21. The number of ether oxygens (including phenoxy) is 1. The number of benzene rings is 2. The van der Waals surface area contributed by atoms with Crippen molar-refractivity contribution in [3.8, 4) is 5.75 Å². The molecule has 3 rings (SSSR count). The van der Waals surface area contributed by atoms with Crippen molar-refractivity contribution in [2.24, 2.45) is 0 Å². The molecule has 0 atom stereocenters. The molecule has 0 amide bonds.